The summed E-state index contributed by atoms with van der Waals surface area (Å²) in [6.07, 6.45) is 4.92. The fraction of sp³-hybridized carbons (Fsp3) is 0.643. The molecule has 2 rings (SSSR count). The summed E-state index contributed by atoms with van der Waals surface area (Å²) in [5.74, 6) is 1.62. The van der Waals surface area contributed by atoms with Crippen LogP contribution in [-0.4, -0.2) is 39.6 Å². The molecule has 20 heavy (non-hydrogen) atoms. The minimum Gasteiger partial charge on any atom is -0.355 e. The van der Waals surface area contributed by atoms with Gasteiger partial charge in [-0.05, 0) is 19.3 Å². The lowest BCUT2D eigenvalue weighted by atomic mass is 10.3. The van der Waals surface area contributed by atoms with Gasteiger partial charge in [0.25, 0.3) is 0 Å². The Morgan fingerprint density at radius 3 is 2.50 bits per heavy atom. The minimum absolute atomic E-state index is 0.665. The fourth-order valence-electron chi connectivity index (χ4n) is 2.23. The molecule has 110 valence electrons. The van der Waals surface area contributed by atoms with Gasteiger partial charge in [-0.15, -0.1) is 0 Å². The maximum absolute atomic E-state index is 4.68. The van der Waals surface area contributed by atoms with E-state index in [-0.39, 0.29) is 0 Å². The molecule has 0 aliphatic rings. The van der Waals surface area contributed by atoms with Gasteiger partial charge in [-0.2, -0.15) is 9.97 Å². The summed E-state index contributed by atoms with van der Waals surface area (Å²) in [5, 5.41) is 3.25. The largest absolute Gasteiger partial charge is 0.355 e. The van der Waals surface area contributed by atoms with Gasteiger partial charge in [-0.1, -0.05) is 20.8 Å². The number of H-pyrrole nitrogens is 1. The van der Waals surface area contributed by atoms with E-state index in [4.69, 9.17) is 0 Å². The van der Waals surface area contributed by atoms with E-state index in [0.717, 1.165) is 55.9 Å². The standard InChI is InChI=1S/C14H24N6/c1-4-7-15-14-18-12-11(16-10-17-12)13(19-14)20(8-5-2)9-6-3/h10H,4-9H2,1-3H3,(H2,15,16,17,18,19). The molecule has 0 bridgehead atoms. The molecule has 0 radical (unpaired) electrons. The molecule has 6 nitrogen and oxygen atoms in total. The Hall–Kier alpha value is -1.85. The minimum atomic E-state index is 0.665. The quantitative estimate of drug-likeness (QED) is 0.776. The highest BCUT2D eigenvalue weighted by atomic mass is 15.2. The van der Waals surface area contributed by atoms with Crippen LogP contribution in [0.15, 0.2) is 6.33 Å². The highest BCUT2D eigenvalue weighted by molar-refractivity contribution is 5.84. The molecule has 2 aromatic rings. The molecule has 0 atom stereocenters. The van der Waals surface area contributed by atoms with Crippen LogP contribution < -0.4 is 10.2 Å². The van der Waals surface area contributed by atoms with Crippen molar-refractivity contribution in [1.82, 2.24) is 19.9 Å². The predicted molar refractivity (Wildman–Crippen MR) is 83.3 cm³/mol. The first-order valence-corrected chi connectivity index (χ1v) is 7.50. The first kappa shape index (κ1) is 14.6. The van der Waals surface area contributed by atoms with E-state index in [1.807, 2.05) is 0 Å². The third kappa shape index (κ3) is 3.18. The summed E-state index contributed by atoms with van der Waals surface area (Å²) >= 11 is 0. The third-order valence-corrected chi connectivity index (χ3v) is 3.09. The molecule has 2 aromatic heterocycles. The maximum atomic E-state index is 4.68. The molecule has 2 N–H and O–H groups in total. The number of imidazole rings is 1. The zero-order valence-electron chi connectivity index (χ0n) is 12.6. The third-order valence-electron chi connectivity index (χ3n) is 3.09. The number of nitrogens with zero attached hydrogens (tertiary/aromatic N) is 4. The molecule has 0 amide bonds. The lowest BCUT2D eigenvalue weighted by Crippen LogP contribution is -2.26. The summed E-state index contributed by atoms with van der Waals surface area (Å²) in [5.41, 5.74) is 1.65. The number of nitrogens with one attached hydrogen (secondary N) is 2. The second kappa shape index (κ2) is 7.07. The van der Waals surface area contributed by atoms with Crippen molar-refractivity contribution >= 4 is 22.9 Å². The number of fused-ring (bicyclic) bond motifs is 1. The van der Waals surface area contributed by atoms with Crippen LogP contribution in [0, 0.1) is 0 Å². The van der Waals surface area contributed by atoms with E-state index in [0.29, 0.717) is 5.95 Å². The number of rotatable bonds is 8. The van der Waals surface area contributed by atoms with Crippen molar-refractivity contribution < 1.29 is 0 Å². The summed E-state index contributed by atoms with van der Waals surface area (Å²) in [7, 11) is 0. The van der Waals surface area contributed by atoms with E-state index in [9.17, 15) is 0 Å². The molecular formula is C14H24N6. The van der Waals surface area contributed by atoms with Crippen molar-refractivity contribution in [3.63, 3.8) is 0 Å². The highest BCUT2D eigenvalue weighted by Crippen LogP contribution is 2.23. The van der Waals surface area contributed by atoms with Crippen molar-refractivity contribution in [2.75, 3.05) is 29.9 Å². The van der Waals surface area contributed by atoms with E-state index < -0.39 is 0 Å². The van der Waals surface area contributed by atoms with Gasteiger partial charge in [0.15, 0.2) is 11.5 Å². The summed E-state index contributed by atoms with van der Waals surface area (Å²) in [6, 6.07) is 0. The van der Waals surface area contributed by atoms with E-state index in [1.165, 1.54) is 0 Å². The molecular weight excluding hydrogens is 252 g/mol. The molecule has 0 saturated carbocycles. The van der Waals surface area contributed by atoms with Crippen molar-refractivity contribution in [3.05, 3.63) is 6.33 Å². The van der Waals surface area contributed by atoms with E-state index in [2.05, 4.69) is 50.9 Å². The van der Waals surface area contributed by atoms with Gasteiger partial charge in [-0.25, -0.2) is 4.98 Å². The Labute approximate surface area is 120 Å². The van der Waals surface area contributed by atoms with Gasteiger partial charge in [0, 0.05) is 19.6 Å². The Balaban J connectivity index is 2.39. The molecule has 0 aromatic carbocycles. The van der Waals surface area contributed by atoms with Crippen molar-refractivity contribution in [2.45, 2.75) is 40.0 Å². The first-order chi connectivity index (χ1) is 9.80. The Morgan fingerprint density at radius 2 is 1.85 bits per heavy atom. The van der Waals surface area contributed by atoms with Gasteiger partial charge in [0.05, 0.1) is 6.33 Å². The lowest BCUT2D eigenvalue weighted by Gasteiger charge is -2.23. The predicted octanol–water partition coefficient (Wildman–Crippen LogP) is 2.80. The van der Waals surface area contributed by atoms with Crippen molar-refractivity contribution in [1.29, 1.82) is 0 Å². The zero-order valence-corrected chi connectivity index (χ0v) is 12.6. The van der Waals surface area contributed by atoms with Crippen LogP contribution in [0.3, 0.4) is 0 Å². The monoisotopic (exact) mass is 276 g/mol. The second-order valence-corrected chi connectivity index (χ2v) is 4.89. The van der Waals surface area contributed by atoms with Gasteiger partial charge in [0.1, 0.15) is 5.52 Å². The first-order valence-electron chi connectivity index (χ1n) is 7.50. The van der Waals surface area contributed by atoms with Gasteiger partial charge >= 0.3 is 0 Å². The smallest absolute Gasteiger partial charge is 0.226 e. The van der Waals surface area contributed by atoms with Crippen LogP contribution in [0.1, 0.15) is 40.0 Å². The topological polar surface area (TPSA) is 69.7 Å². The van der Waals surface area contributed by atoms with Gasteiger partial charge in [0.2, 0.25) is 5.95 Å². The molecule has 6 heteroatoms. The lowest BCUT2D eigenvalue weighted by molar-refractivity contribution is 0.735. The number of aromatic nitrogens is 4. The van der Waals surface area contributed by atoms with Crippen LogP contribution in [0.5, 0.6) is 0 Å². The maximum Gasteiger partial charge on any atom is 0.226 e. The Morgan fingerprint density at radius 1 is 1.10 bits per heavy atom. The average Bonchev–Trinajstić information content (AvgIpc) is 2.92. The van der Waals surface area contributed by atoms with Gasteiger partial charge in [-0.3, -0.25) is 0 Å². The number of anilines is 2. The summed E-state index contributed by atoms with van der Waals surface area (Å²) in [6.45, 7) is 9.35. The molecule has 2 heterocycles. The second-order valence-electron chi connectivity index (χ2n) is 4.89. The van der Waals surface area contributed by atoms with Crippen LogP contribution in [0.4, 0.5) is 11.8 Å². The summed E-state index contributed by atoms with van der Waals surface area (Å²) < 4.78 is 0. The van der Waals surface area contributed by atoms with Crippen LogP contribution >= 0.6 is 0 Å². The normalized spacial score (nSPS) is 10.9. The molecule has 0 spiro atoms. The zero-order chi connectivity index (χ0) is 14.4. The molecule has 0 aliphatic heterocycles. The van der Waals surface area contributed by atoms with E-state index >= 15 is 0 Å². The van der Waals surface area contributed by atoms with Crippen molar-refractivity contribution in [3.8, 4) is 0 Å². The molecule has 0 unspecified atom stereocenters. The molecule has 0 aliphatic carbocycles. The number of hydrogen-bond donors (Lipinski definition) is 2. The number of aromatic amines is 1. The van der Waals surface area contributed by atoms with Crippen LogP contribution in [0.2, 0.25) is 0 Å². The fourth-order valence-corrected chi connectivity index (χ4v) is 2.23. The molecule has 0 saturated heterocycles. The van der Waals surface area contributed by atoms with E-state index in [1.54, 1.807) is 6.33 Å². The Kier molecular flexibility index (Phi) is 5.15. The highest BCUT2D eigenvalue weighted by Gasteiger charge is 2.15. The van der Waals surface area contributed by atoms with Crippen LogP contribution in [-0.2, 0) is 0 Å². The molecule has 0 fully saturated rings. The number of hydrogen-bond acceptors (Lipinski definition) is 5. The Bertz CT molecular complexity index is 529. The summed E-state index contributed by atoms with van der Waals surface area (Å²) in [4.78, 5) is 18.9. The van der Waals surface area contributed by atoms with Crippen LogP contribution in [0.25, 0.3) is 11.2 Å². The van der Waals surface area contributed by atoms with Crippen molar-refractivity contribution in [2.24, 2.45) is 0 Å². The van der Waals surface area contributed by atoms with Gasteiger partial charge < -0.3 is 15.2 Å². The average molecular weight is 276 g/mol. The SMILES string of the molecule is CCCNc1nc(N(CCC)CCC)c2[nH]cnc2n1.